The number of amides is 1. The highest BCUT2D eigenvalue weighted by Crippen LogP contribution is 2.23. The van der Waals surface area contributed by atoms with Gasteiger partial charge in [-0.05, 0) is 63.1 Å². The zero-order valence-corrected chi connectivity index (χ0v) is 15.0. The molecule has 1 aliphatic rings. The molecule has 5 heteroatoms. The van der Waals surface area contributed by atoms with Crippen LogP contribution in [0, 0.1) is 18.7 Å². The monoisotopic (exact) mass is 343 g/mol. The Bertz CT molecular complexity index is 723. The Hall–Kier alpha value is -2.17. The van der Waals surface area contributed by atoms with E-state index < -0.39 is 0 Å². The molecule has 1 amide bonds. The lowest BCUT2D eigenvalue weighted by molar-refractivity contribution is 0.0667. The molecular formula is C20H26FN3O. The fraction of sp³-hybridized carbons (Fsp3) is 0.500. The molecule has 1 saturated heterocycles. The molecule has 2 aromatic rings. The third-order valence-electron chi connectivity index (χ3n) is 5.19. The Morgan fingerprint density at radius 2 is 2.08 bits per heavy atom. The molecule has 1 aromatic carbocycles. The van der Waals surface area contributed by atoms with Crippen LogP contribution in [-0.2, 0) is 13.0 Å². The number of carbonyl (C=O) groups is 1. The van der Waals surface area contributed by atoms with E-state index in [-0.39, 0.29) is 11.7 Å². The molecule has 0 spiro atoms. The number of hydrogen-bond donors (Lipinski definition) is 0. The number of nitrogens with zero attached hydrogens (tertiary/aromatic N) is 3. The minimum atomic E-state index is -0.193. The second-order valence-electron chi connectivity index (χ2n) is 6.88. The highest BCUT2D eigenvalue weighted by molar-refractivity contribution is 5.95. The van der Waals surface area contributed by atoms with Gasteiger partial charge in [-0.3, -0.25) is 9.48 Å². The van der Waals surface area contributed by atoms with Crippen LogP contribution in [0.25, 0.3) is 0 Å². The van der Waals surface area contributed by atoms with Crippen molar-refractivity contribution in [3.8, 4) is 0 Å². The summed E-state index contributed by atoms with van der Waals surface area (Å²) in [7, 11) is 0. The van der Waals surface area contributed by atoms with Gasteiger partial charge in [0.15, 0.2) is 0 Å². The first-order valence-corrected chi connectivity index (χ1v) is 9.14. The van der Waals surface area contributed by atoms with Crippen molar-refractivity contribution < 1.29 is 9.18 Å². The fourth-order valence-electron chi connectivity index (χ4n) is 3.65. The van der Waals surface area contributed by atoms with Crippen LogP contribution in [0.5, 0.6) is 0 Å². The van der Waals surface area contributed by atoms with Crippen LogP contribution in [0.4, 0.5) is 4.39 Å². The number of benzene rings is 1. The predicted molar refractivity (Wildman–Crippen MR) is 96.0 cm³/mol. The average Bonchev–Trinajstić information content (AvgIpc) is 3.01. The number of aromatic nitrogens is 2. The summed E-state index contributed by atoms with van der Waals surface area (Å²) in [5.74, 6) is 0.411. The minimum absolute atomic E-state index is 0.101. The van der Waals surface area contributed by atoms with Gasteiger partial charge in [-0.2, -0.15) is 5.10 Å². The summed E-state index contributed by atoms with van der Waals surface area (Å²) in [5.41, 5.74) is 2.83. The van der Waals surface area contributed by atoms with Gasteiger partial charge in [-0.15, -0.1) is 0 Å². The first-order valence-electron chi connectivity index (χ1n) is 9.14. The number of hydrogen-bond acceptors (Lipinski definition) is 2. The Morgan fingerprint density at radius 1 is 1.32 bits per heavy atom. The molecule has 0 unspecified atom stereocenters. The smallest absolute Gasteiger partial charge is 0.257 e. The van der Waals surface area contributed by atoms with Gasteiger partial charge in [0.2, 0.25) is 0 Å². The maximum absolute atomic E-state index is 13.0. The molecule has 1 aromatic heterocycles. The first-order chi connectivity index (χ1) is 12.1. The molecular weight excluding hydrogens is 317 g/mol. The molecule has 4 nitrogen and oxygen atoms in total. The van der Waals surface area contributed by atoms with Crippen LogP contribution >= 0.6 is 0 Å². The van der Waals surface area contributed by atoms with E-state index in [4.69, 9.17) is 0 Å². The van der Waals surface area contributed by atoms with Crippen molar-refractivity contribution in [3.63, 3.8) is 0 Å². The van der Waals surface area contributed by atoms with Crippen LogP contribution in [0.3, 0.4) is 0 Å². The average molecular weight is 343 g/mol. The summed E-state index contributed by atoms with van der Waals surface area (Å²) in [6.07, 6.45) is 5.85. The summed E-state index contributed by atoms with van der Waals surface area (Å²) < 4.78 is 14.9. The first kappa shape index (κ1) is 17.6. The SMILES string of the molecule is CCn1ncc(C(=O)N2CCC[C@@H](CCc3ccc(F)cc3)C2)c1C. The van der Waals surface area contributed by atoms with Crippen molar-refractivity contribution in [2.24, 2.45) is 5.92 Å². The number of rotatable bonds is 5. The lowest BCUT2D eigenvalue weighted by Crippen LogP contribution is -2.40. The minimum Gasteiger partial charge on any atom is -0.338 e. The molecule has 0 radical (unpaired) electrons. The standard InChI is InChI=1S/C20H26FN3O/c1-3-24-15(2)19(13-22-24)20(25)23-12-4-5-17(14-23)7-6-16-8-10-18(21)11-9-16/h8-11,13,17H,3-7,12,14H2,1-2H3/t17-/m0/s1. The maximum atomic E-state index is 13.0. The molecule has 0 saturated carbocycles. The van der Waals surface area contributed by atoms with Crippen LogP contribution in [0.1, 0.15) is 47.8 Å². The number of piperidine rings is 1. The van der Waals surface area contributed by atoms with Gasteiger partial charge in [0.05, 0.1) is 11.8 Å². The second-order valence-corrected chi connectivity index (χ2v) is 6.88. The summed E-state index contributed by atoms with van der Waals surface area (Å²) in [4.78, 5) is 14.8. The van der Waals surface area contributed by atoms with Crippen molar-refractivity contribution >= 4 is 5.91 Å². The fourth-order valence-corrected chi connectivity index (χ4v) is 3.65. The third-order valence-corrected chi connectivity index (χ3v) is 5.19. The van der Waals surface area contributed by atoms with Crippen molar-refractivity contribution in [1.29, 1.82) is 0 Å². The maximum Gasteiger partial charge on any atom is 0.257 e. The van der Waals surface area contributed by atoms with Crippen LogP contribution < -0.4 is 0 Å². The number of carbonyl (C=O) groups excluding carboxylic acids is 1. The molecule has 0 aliphatic carbocycles. The van der Waals surface area contributed by atoms with E-state index in [1.54, 1.807) is 6.20 Å². The number of aryl methyl sites for hydroxylation is 2. The van der Waals surface area contributed by atoms with Crippen molar-refractivity contribution in [2.45, 2.75) is 46.1 Å². The van der Waals surface area contributed by atoms with Crippen molar-refractivity contribution in [3.05, 3.63) is 53.1 Å². The third kappa shape index (κ3) is 4.09. The normalized spacial score (nSPS) is 17.7. The lowest BCUT2D eigenvalue weighted by atomic mass is 9.91. The van der Waals surface area contributed by atoms with Crippen LogP contribution in [0.2, 0.25) is 0 Å². The van der Waals surface area contributed by atoms with Gasteiger partial charge in [0.1, 0.15) is 5.82 Å². The van der Waals surface area contributed by atoms with Gasteiger partial charge in [0, 0.05) is 25.3 Å². The van der Waals surface area contributed by atoms with Crippen molar-refractivity contribution in [1.82, 2.24) is 14.7 Å². The van der Waals surface area contributed by atoms with Gasteiger partial charge >= 0.3 is 0 Å². The molecule has 1 atom stereocenters. The Morgan fingerprint density at radius 3 is 2.76 bits per heavy atom. The zero-order valence-electron chi connectivity index (χ0n) is 15.0. The summed E-state index contributed by atoms with van der Waals surface area (Å²) in [6.45, 7) is 6.39. The largest absolute Gasteiger partial charge is 0.338 e. The summed E-state index contributed by atoms with van der Waals surface area (Å²) in [6, 6.07) is 6.73. The molecule has 25 heavy (non-hydrogen) atoms. The van der Waals surface area contributed by atoms with E-state index in [9.17, 15) is 9.18 Å². The van der Waals surface area contributed by atoms with E-state index >= 15 is 0 Å². The summed E-state index contributed by atoms with van der Waals surface area (Å²) in [5, 5.41) is 4.29. The molecule has 134 valence electrons. The molecule has 1 aliphatic heterocycles. The number of likely N-dealkylation sites (tertiary alicyclic amines) is 1. The topological polar surface area (TPSA) is 38.1 Å². The Labute approximate surface area is 148 Å². The van der Waals surface area contributed by atoms with E-state index in [1.807, 2.05) is 35.6 Å². The highest BCUT2D eigenvalue weighted by atomic mass is 19.1. The van der Waals surface area contributed by atoms with Crippen LogP contribution in [-0.4, -0.2) is 33.7 Å². The van der Waals surface area contributed by atoms with Crippen molar-refractivity contribution in [2.75, 3.05) is 13.1 Å². The molecule has 0 N–H and O–H groups in total. The zero-order chi connectivity index (χ0) is 17.8. The van der Waals surface area contributed by atoms with E-state index in [0.717, 1.165) is 62.1 Å². The molecule has 2 heterocycles. The molecule has 1 fully saturated rings. The Balaban J connectivity index is 1.59. The Kier molecular flexibility index (Phi) is 5.51. The quantitative estimate of drug-likeness (QED) is 0.827. The molecule has 0 bridgehead atoms. The van der Waals surface area contributed by atoms with E-state index in [2.05, 4.69) is 5.10 Å². The van der Waals surface area contributed by atoms with Gasteiger partial charge in [-0.25, -0.2) is 4.39 Å². The van der Waals surface area contributed by atoms with E-state index in [1.165, 1.54) is 12.1 Å². The lowest BCUT2D eigenvalue weighted by Gasteiger charge is -2.33. The predicted octanol–water partition coefficient (Wildman–Crippen LogP) is 3.84. The summed E-state index contributed by atoms with van der Waals surface area (Å²) >= 11 is 0. The van der Waals surface area contributed by atoms with Crippen LogP contribution in [0.15, 0.2) is 30.5 Å². The number of halogens is 1. The molecule has 3 rings (SSSR count). The second kappa shape index (κ2) is 7.81. The van der Waals surface area contributed by atoms with Gasteiger partial charge in [0.25, 0.3) is 5.91 Å². The van der Waals surface area contributed by atoms with Gasteiger partial charge < -0.3 is 4.90 Å². The van der Waals surface area contributed by atoms with Gasteiger partial charge in [-0.1, -0.05) is 12.1 Å². The van der Waals surface area contributed by atoms with E-state index in [0.29, 0.717) is 5.92 Å². The highest BCUT2D eigenvalue weighted by Gasteiger charge is 2.26.